The summed E-state index contributed by atoms with van der Waals surface area (Å²) in [6.07, 6.45) is 2.73. The molecule has 0 saturated carbocycles. The standard InChI is InChI=1S/C18H22N2/c1-2-6-16(7-3-1)17-8-10-18(11-9-17)19-12-15-20-13-4-5-14-20/h1-3,6-11,19H,4-5,12-15H2. The Labute approximate surface area is 121 Å². The van der Waals surface area contributed by atoms with E-state index in [0.717, 1.165) is 13.1 Å². The number of nitrogens with one attached hydrogen (secondary N) is 1. The minimum Gasteiger partial charge on any atom is -0.384 e. The van der Waals surface area contributed by atoms with E-state index < -0.39 is 0 Å². The molecule has 2 aromatic rings. The molecule has 0 aliphatic carbocycles. The number of anilines is 1. The van der Waals surface area contributed by atoms with Crippen molar-refractivity contribution in [2.24, 2.45) is 0 Å². The van der Waals surface area contributed by atoms with Crippen LogP contribution in [0.3, 0.4) is 0 Å². The van der Waals surface area contributed by atoms with Crippen molar-refractivity contribution in [1.82, 2.24) is 4.90 Å². The van der Waals surface area contributed by atoms with Crippen LogP contribution in [0.4, 0.5) is 5.69 Å². The average molecular weight is 266 g/mol. The average Bonchev–Trinajstić information content (AvgIpc) is 3.02. The van der Waals surface area contributed by atoms with Gasteiger partial charge in [-0.3, -0.25) is 0 Å². The van der Waals surface area contributed by atoms with Gasteiger partial charge in [-0.05, 0) is 49.2 Å². The monoisotopic (exact) mass is 266 g/mol. The lowest BCUT2D eigenvalue weighted by Crippen LogP contribution is -2.25. The van der Waals surface area contributed by atoms with Crippen molar-refractivity contribution in [3.63, 3.8) is 0 Å². The minimum absolute atomic E-state index is 1.03. The predicted molar refractivity (Wildman–Crippen MR) is 86.0 cm³/mol. The summed E-state index contributed by atoms with van der Waals surface area (Å²) in [7, 11) is 0. The van der Waals surface area contributed by atoms with Gasteiger partial charge in [-0.1, -0.05) is 42.5 Å². The maximum atomic E-state index is 3.51. The van der Waals surface area contributed by atoms with Crippen LogP contribution >= 0.6 is 0 Å². The van der Waals surface area contributed by atoms with Gasteiger partial charge in [-0.25, -0.2) is 0 Å². The first kappa shape index (κ1) is 13.2. The van der Waals surface area contributed by atoms with Crippen molar-refractivity contribution >= 4 is 5.69 Å². The topological polar surface area (TPSA) is 15.3 Å². The van der Waals surface area contributed by atoms with Crippen LogP contribution in [0.25, 0.3) is 11.1 Å². The molecule has 0 bridgehead atoms. The van der Waals surface area contributed by atoms with Crippen LogP contribution < -0.4 is 5.32 Å². The molecular formula is C18H22N2. The van der Waals surface area contributed by atoms with Gasteiger partial charge in [0.15, 0.2) is 0 Å². The molecule has 0 aromatic heterocycles. The summed E-state index contributed by atoms with van der Waals surface area (Å²) in [6, 6.07) is 19.2. The van der Waals surface area contributed by atoms with E-state index in [1.54, 1.807) is 0 Å². The molecule has 2 nitrogen and oxygen atoms in total. The third-order valence-electron chi connectivity index (χ3n) is 3.95. The zero-order chi connectivity index (χ0) is 13.6. The number of likely N-dealkylation sites (tertiary alicyclic amines) is 1. The molecule has 1 heterocycles. The fourth-order valence-electron chi connectivity index (χ4n) is 2.78. The molecule has 0 amide bonds. The Kier molecular flexibility index (Phi) is 4.34. The van der Waals surface area contributed by atoms with E-state index >= 15 is 0 Å². The maximum Gasteiger partial charge on any atom is 0.0341 e. The maximum absolute atomic E-state index is 3.51. The van der Waals surface area contributed by atoms with Crippen LogP contribution in [0.15, 0.2) is 54.6 Å². The summed E-state index contributed by atoms with van der Waals surface area (Å²) in [4.78, 5) is 2.53. The molecule has 2 heteroatoms. The summed E-state index contributed by atoms with van der Waals surface area (Å²) in [6.45, 7) is 4.73. The second-order valence-corrected chi connectivity index (χ2v) is 5.42. The molecule has 1 aliphatic heterocycles. The van der Waals surface area contributed by atoms with E-state index in [2.05, 4.69) is 64.8 Å². The Bertz CT molecular complexity index is 513. The van der Waals surface area contributed by atoms with Gasteiger partial charge in [-0.2, -0.15) is 0 Å². The number of hydrogen-bond acceptors (Lipinski definition) is 2. The highest BCUT2D eigenvalue weighted by molar-refractivity contribution is 5.65. The highest BCUT2D eigenvalue weighted by Crippen LogP contribution is 2.20. The predicted octanol–water partition coefficient (Wildman–Crippen LogP) is 3.86. The van der Waals surface area contributed by atoms with E-state index in [1.165, 1.54) is 42.7 Å². The van der Waals surface area contributed by atoms with E-state index in [-0.39, 0.29) is 0 Å². The molecule has 3 rings (SSSR count). The molecule has 0 atom stereocenters. The number of nitrogens with zero attached hydrogens (tertiary/aromatic N) is 1. The van der Waals surface area contributed by atoms with Crippen molar-refractivity contribution < 1.29 is 0 Å². The molecule has 0 unspecified atom stereocenters. The van der Waals surface area contributed by atoms with Gasteiger partial charge in [0.05, 0.1) is 0 Å². The fraction of sp³-hybridized carbons (Fsp3) is 0.333. The molecule has 2 aromatic carbocycles. The van der Waals surface area contributed by atoms with Crippen molar-refractivity contribution in [3.8, 4) is 11.1 Å². The van der Waals surface area contributed by atoms with Gasteiger partial charge in [0.2, 0.25) is 0 Å². The van der Waals surface area contributed by atoms with Gasteiger partial charge in [-0.15, -0.1) is 0 Å². The number of hydrogen-bond donors (Lipinski definition) is 1. The van der Waals surface area contributed by atoms with Crippen molar-refractivity contribution in [1.29, 1.82) is 0 Å². The van der Waals surface area contributed by atoms with Gasteiger partial charge >= 0.3 is 0 Å². The van der Waals surface area contributed by atoms with Crippen LogP contribution in [-0.4, -0.2) is 31.1 Å². The van der Waals surface area contributed by atoms with Crippen LogP contribution in [0.2, 0.25) is 0 Å². The van der Waals surface area contributed by atoms with Crippen LogP contribution in [0.5, 0.6) is 0 Å². The Hall–Kier alpha value is -1.80. The molecular weight excluding hydrogens is 244 g/mol. The lowest BCUT2D eigenvalue weighted by molar-refractivity contribution is 0.352. The second kappa shape index (κ2) is 6.58. The highest BCUT2D eigenvalue weighted by Gasteiger charge is 2.09. The van der Waals surface area contributed by atoms with Crippen LogP contribution in [-0.2, 0) is 0 Å². The summed E-state index contributed by atoms with van der Waals surface area (Å²) in [5.74, 6) is 0. The van der Waals surface area contributed by atoms with Crippen LogP contribution in [0, 0.1) is 0 Å². The van der Waals surface area contributed by atoms with Crippen molar-refractivity contribution in [2.45, 2.75) is 12.8 Å². The molecule has 1 N–H and O–H groups in total. The van der Waals surface area contributed by atoms with Gasteiger partial charge in [0.25, 0.3) is 0 Å². The fourth-order valence-corrected chi connectivity index (χ4v) is 2.78. The van der Waals surface area contributed by atoms with E-state index in [1.807, 2.05) is 0 Å². The minimum atomic E-state index is 1.03. The lowest BCUT2D eigenvalue weighted by atomic mass is 10.1. The number of benzene rings is 2. The van der Waals surface area contributed by atoms with Crippen molar-refractivity contribution in [3.05, 3.63) is 54.6 Å². The normalized spacial score (nSPS) is 15.4. The molecule has 0 spiro atoms. The zero-order valence-corrected chi connectivity index (χ0v) is 11.9. The van der Waals surface area contributed by atoms with Crippen LogP contribution in [0.1, 0.15) is 12.8 Å². The summed E-state index contributed by atoms with van der Waals surface area (Å²) in [5, 5.41) is 3.51. The van der Waals surface area contributed by atoms with Gasteiger partial charge < -0.3 is 10.2 Å². The Morgan fingerprint density at radius 3 is 2.15 bits per heavy atom. The first-order valence-electron chi connectivity index (χ1n) is 7.53. The highest BCUT2D eigenvalue weighted by atomic mass is 15.1. The van der Waals surface area contributed by atoms with Gasteiger partial charge in [0, 0.05) is 18.8 Å². The van der Waals surface area contributed by atoms with Crippen molar-refractivity contribution in [2.75, 3.05) is 31.5 Å². The first-order valence-corrected chi connectivity index (χ1v) is 7.53. The largest absolute Gasteiger partial charge is 0.384 e. The Balaban J connectivity index is 1.53. The third-order valence-corrected chi connectivity index (χ3v) is 3.95. The molecule has 1 fully saturated rings. The summed E-state index contributed by atoms with van der Waals surface area (Å²) >= 11 is 0. The summed E-state index contributed by atoms with van der Waals surface area (Å²) < 4.78 is 0. The van der Waals surface area contributed by atoms with E-state index in [4.69, 9.17) is 0 Å². The SMILES string of the molecule is c1ccc(-c2ccc(NCCN3CCCC3)cc2)cc1. The van der Waals surface area contributed by atoms with Gasteiger partial charge in [0.1, 0.15) is 0 Å². The number of rotatable bonds is 5. The molecule has 20 heavy (non-hydrogen) atoms. The molecule has 104 valence electrons. The lowest BCUT2D eigenvalue weighted by Gasteiger charge is -2.15. The smallest absolute Gasteiger partial charge is 0.0341 e. The quantitative estimate of drug-likeness (QED) is 0.884. The zero-order valence-electron chi connectivity index (χ0n) is 11.9. The second-order valence-electron chi connectivity index (χ2n) is 5.42. The Morgan fingerprint density at radius 1 is 0.800 bits per heavy atom. The first-order chi connectivity index (χ1) is 9.92. The van der Waals surface area contributed by atoms with E-state index in [0.29, 0.717) is 0 Å². The third kappa shape index (κ3) is 3.40. The Morgan fingerprint density at radius 2 is 1.45 bits per heavy atom. The molecule has 1 aliphatic rings. The van der Waals surface area contributed by atoms with E-state index in [9.17, 15) is 0 Å². The molecule has 1 saturated heterocycles. The summed E-state index contributed by atoms with van der Waals surface area (Å²) in [5.41, 5.74) is 3.76. The molecule has 0 radical (unpaired) electrons.